The van der Waals surface area contributed by atoms with Gasteiger partial charge in [0.15, 0.2) is 0 Å². The van der Waals surface area contributed by atoms with Gasteiger partial charge in [0.2, 0.25) is 0 Å². The van der Waals surface area contributed by atoms with E-state index in [0.717, 1.165) is 35.8 Å². The average molecular weight is 439 g/mol. The Balaban J connectivity index is 1.36. The number of rotatable bonds is 7. The Kier molecular flexibility index (Phi) is 6.06. The third-order valence-electron chi connectivity index (χ3n) is 6.95. The van der Waals surface area contributed by atoms with Crippen molar-refractivity contribution in [2.45, 2.75) is 67.6 Å². The van der Waals surface area contributed by atoms with Crippen LogP contribution in [0.25, 0.3) is 0 Å². The molecule has 2 aromatic carbocycles. The molecule has 2 aromatic rings. The quantitative estimate of drug-likeness (QED) is 0.458. The lowest BCUT2D eigenvalue weighted by Crippen LogP contribution is -2.40. The van der Waals surface area contributed by atoms with Crippen LogP contribution in [-0.2, 0) is 9.47 Å². The smallest absolute Gasteiger partial charge is 0.122 e. The standard InChI is InChI=1S/C28H38O4/c1-17-13-23(19(3)11-21(17)25-27(5,6)15-31-25)29-9-10-30-24-14-18(2)22(12-20(24)4)26-28(7,8)16-32-26/h11-14,25-26H,9-10,15-16H2,1-8H3. The van der Waals surface area contributed by atoms with Crippen molar-refractivity contribution in [2.24, 2.45) is 10.8 Å². The molecule has 32 heavy (non-hydrogen) atoms. The Bertz CT molecular complexity index is 923. The molecule has 0 aromatic heterocycles. The third kappa shape index (κ3) is 4.27. The molecule has 2 fully saturated rings. The molecule has 4 heteroatoms. The number of hydrogen-bond donors (Lipinski definition) is 0. The fourth-order valence-electron chi connectivity index (χ4n) is 4.82. The largest absolute Gasteiger partial charge is 0.490 e. The van der Waals surface area contributed by atoms with Gasteiger partial charge < -0.3 is 18.9 Å². The van der Waals surface area contributed by atoms with Crippen LogP contribution in [0.1, 0.15) is 73.3 Å². The van der Waals surface area contributed by atoms with Gasteiger partial charge >= 0.3 is 0 Å². The molecule has 0 aliphatic carbocycles. The summed E-state index contributed by atoms with van der Waals surface area (Å²) in [6, 6.07) is 8.70. The molecule has 2 unspecified atom stereocenters. The monoisotopic (exact) mass is 438 g/mol. The van der Waals surface area contributed by atoms with Gasteiger partial charge in [-0.3, -0.25) is 0 Å². The molecule has 0 N–H and O–H groups in total. The minimum Gasteiger partial charge on any atom is -0.490 e. The topological polar surface area (TPSA) is 36.9 Å². The highest BCUT2D eigenvalue weighted by atomic mass is 16.5. The van der Waals surface area contributed by atoms with Crippen molar-refractivity contribution in [3.05, 3.63) is 57.6 Å². The van der Waals surface area contributed by atoms with Crippen molar-refractivity contribution >= 4 is 0 Å². The molecule has 2 atom stereocenters. The van der Waals surface area contributed by atoms with Crippen LogP contribution in [0.4, 0.5) is 0 Å². The van der Waals surface area contributed by atoms with E-state index in [4.69, 9.17) is 18.9 Å². The minimum atomic E-state index is 0.170. The minimum absolute atomic E-state index is 0.170. The SMILES string of the molecule is Cc1cc(C2OCC2(C)C)c(C)cc1OCCOc1cc(C)c(C2OCC2(C)C)cc1C. The maximum absolute atomic E-state index is 6.08. The van der Waals surface area contributed by atoms with Crippen molar-refractivity contribution in [1.82, 2.24) is 0 Å². The zero-order valence-corrected chi connectivity index (χ0v) is 20.9. The molecule has 2 heterocycles. The predicted molar refractivity (Wildman–Crippen MR) is 128 cm³/mol. The van der Waals surface area contributed by atoms with E-state index in [9.17, 15) is 0 Å². The summed E-state index contributed by atoms with van der Waals surface area (Å²) in [7, 11) is 0. The zero-order valence-electron chi connectivity index (χ0n) is 20.9. The van der Waals surface area contributed by atoms with Gasteiger partial charge in [0.05, 0.1) is 25.4 Å². The molecule has 4 nitrogen and oxygen atoms in total. The van der Waals surface area contributed by atoms with Gasteiger partial charge in [0.25, 0.3) is 0 Å². The van der Waals surface area contributed by atoms with Crippen LogP contribution in [0.3, 0.4) is 0 Å². The molecule has 0 spiro atoms. The Morgan fingerprint density at radius 2 is 1.03 bits per heavy atom. The Labute approximate surface area is 193 Å². The predicted octanol–water partition coefficient (Wildman–Crippen LogP) is 6.57. The van der Waals surface area contributed by atoms with E-state index in [2.05, 4.69) is 79.7 Å². The maximum Gasteiger partial charge on any atom is 0.122 e. The van der Waals surface area contributed by atoms with Gasteiger partial charge in [0, 0.05) is 10.8 Å². The fraction of sp³-hybridized carbons (Fsp3) is 0.571. The highest BCUT2D eigenvalue weighted by Gasteiger charge is 2.42. The molecular formula is C28H38O4. The first-order valence-electron chi connectivity index (χ1n) is 11.7. The highest BCUT2D eigenvalue weighted by molar-refractivity contribution is 5.44. The molecule has 0 saturated carbocycles. The second-order valence-corrected chi connectivity index (χ2v) is 11.0. The molecule has 2 aliphatic heterocycles. The van der Waals surface area contributed by atoms with Crippen molar-refractivity contribution < 1.29 is 18.9 Å². The van der Waals surface area contributed by atoms with Crippen molar-refractivity contribution in [3.8, 4) is 11.5 Å². The zero-order chi connectivity index (χ0) is 23.3. The molecule has 4 rings (SSSR count). The van der Waals surface area contributed by atoms with E-state index >= 15 is 0 Å². The number of benzene rings is 2. The number of hydrogen-bond acceptors (Lipinski definition) is 4. The summed E-state index contributed by atoms with van der Waals surface area (Å²) in [5.74, 6) is 1.83. The summed E-state index contributed by atoms with van der Waals surface area (Å²) in [5, 5.41) is 0. The average Bonchev–Trinajstić information content (AvgIpc) is 2.70. The summed E-state index contributed by atoms with van der Waals surface area (Å²) in [6.45, 7) is 20.1. The van der Waals surface area contributed by atoms with Crippen LogP contribution < -0.4 is 9.47 Å². The molecule has 0 bridgehead atoms. The second-order valence-electron chi connectivity index (χ2n) is 11.0. The number of aryl methyl sites for hydroxylation is 4. The van der Waals surface area contributed by atoms with E-state index in [1.54, 1.807) is 0 Å². The van der Waals surface area contributed by atoms with Crippen molar-refractivity contribution in [1.29, 1.82) is 0 Å². The first kappa shape index (κ1) is 23.1. The van der Waals surface area contributed by atoms with Crippen LogP contribution in [0, 0.1) is 38.5 Å². The Hall–Kier alpha value is -2.04. The molecule has 2 aliphatic rings. The van der Waals surface area contributed by atoms with Crippen molar-refractivity contribution in [3.63, 3.8) is 0 Å². The summed E-state index contributed by atoms with van der Waals surface area (Å²) in [5.41, 5.74) is 7.63. The van der Waals surface area contributed by atoms with Gasteiger partial charge in [-0.15, -0.1) is 0 Å². The first-order valence-corrected chi connectivity index (χ1v) is 11.7. The summed E-state index contributed by atoms with van der Waals surface area (Å²) in [4.78, 5) is 0. The molecule has 2 saturated heterocycles. The highest BCUT2D eigenvalue weighted by Crippen LogP contribution is 2.48. The summed E-state index contributed by atoms with van der Waals surface area (Å²) < 4.78 is 23.9. The third-order valence-corrected chi connectivity index (χ3v) is 6.95. The Morgan fingerprint density at radius 3 is 1.31 bits per heavy atom. The van der Waals surface area contributed by atoms with Gasteiger partial charge in [0.1, 0.15) is 24.7 Å². The van der Waals surface area contributed by atoms with Crippen LogP contribution in [0.15, 0.2) is 24.3 Å². The van der Waals surface area contributed by atoms with Gasteiger partial charge in [-0.25, -0.2) is 0 Å². The van der Waals surface area contributed by atoms with Crippen LogP contribution in [0.2, 0.25) is 0 Å². The normalized spacial score (nSPS) is 23.2. The van der Waals surface area contributed by atoms with Gasteiger partial charge in [-0.05, 0) is 85.3 Å². The van der Waals surface area contributed by atoms with E-state index in [0.29, 0.717) is 13.2 Å². The maximum atomic E-state index is 6.08. The van der Waals surface area contributed by atoms with E-state index < -0.39 is 0 Å². The van der Waals surface area contributed by atoms with Crippen LogP contribution in [-0.4, -0.2) is 26.4 Å². The summed E-state index contributed by atoms with van der Waals surface area (Å²) in [6.07, 6.45) is 0.340. The van der Waals surface area contributed by atoms with Crippen LogP contribution in [0.5, 0.6) is 11.5 Å². The first-order chi connectivity index (χ1) is 15.0. The van der Waals surface area contributed by atoms with E-state index in [1.165, 1.54) is 22.3 Å². The van der Waals surface area contributed by atoms with E-state index in [1.807, 2.05) is 0 Å². The number of ether oxygens (including phenoxy) is 4. The molecule has 0 amide bonds. The lowest BCUT2D eigenvalue weighted by Gasteiger charge is -2.45. The Morgan fingerprint density at radius 1 is 0.656 bits per heavy atom. The second kappa shape index (κ2) is 8.39. The van der Waals surface area contributed by atoms with Gasteiger partial charge in [-0.2, -0.15) is 0 Å². The lowest BCUT2D eigenvalue weighted by molar-refractivity contribution is -0.172. The lowest BCUT2D eigenvalue weighted by atomic mass is 9.77. The van der Waals surface area contributed by atoms with E-state index in [-0.39, 0.29) is 23.0 Å². The van der Waals surface area contributed by atoms with Gasteiger partial charge in [-0.1, -0.05) is 27.7 Å². The molecule has 0 radical (unpaired) electrons. The molecule has 174 valence electrons. The molecular weight excluding hydrogens is 400 g/mol. The van der Waals surface area contributed by atoms with Crippen molar-refractivity contribution in [2.75, 3.05) is 26.4 Å². The van der Waals surface area contributed by atoms with Crippen LogP contribution >= 0.6 is 0 Å². The summed E-state index contributed by atoms with van der Waals surface area (Å²) >= 11 is 0. The fourth-order valence-corrected chi connectivity index (χ4v) is 4.82.